The summed E-state index contributed by atoms with van der Waals surface area (Å²) >= 11 is 0. The van der Waals surface area contributed by atoms with E-state index in [2.05, 4.69) is 10.2 Å². The number of piperidine rings is 1. The van der Waals surface area contributed by atoms with Gasteiger partial charge in [-0.05, 0) is 32.6 Å². The molecule has 0 bridgehead atoms. The molecule has 1 aliphatic heterocycles. The summed E-state index contributed by atoms with van der Waals surface area (Å²) in [4.78, 5) is 14.3. The minimum Gasteiger partial charge on any atom is -0.353 e. The van der Waals surface area contributed by atoms with Gasteiger partial charge in [-0.3, -0.25) is 4.79 Å². The fourth-order valence-corrected chi connectivity index (χ4v) is 3.26. The molecule has 104 valence electrons. The van der Waals surface area contributed by atoms with Gasteiger partial charge in [0.25, 0.3) is 0 Å². The van der Waals surface area contributed by atoms with Crippen LogP contribution in [0, 0.1) is 0 Å². The molecule has 0 radical (unpaired) electrons. The Kier molecular flexibility index (Phi) is 5.01. The van der Waals surface area contributed by atoms with Gasteiger partial charge in [-0.1, -0.05) is 12.8 Å². The molecule has 1 saturated carbocycles. The molecule has 2 fully saturated rings. The van der Waals surface area contributed by atoms with Crippen molar-refractivity contribution in [1.82, 2.24) is 10.2 Å². The number of amides is 1. The third-order valence-corrected chi connectivity index (χ3v) is 4.24. The Morgan fingerprint density at radius 1 is 1.28 bits per heavy atom. The van der Waals surface area contributed by atoms with Gasteiger partial charge in [-0.25, -0.2) is 0 Å². The number of hydrogen-bond donors (Lipinski definition) is 2. The van der Waals surface area contributed by atoms with Gasteiger partial charge in [0, 0.05) is 37.6 Å². The monoisotopic (exact) mass is 253 g/mol. The second-order valence-corrected chi connectivity index (χ2v) is 6.00. The summed E-state index contributed by atoms with van der Waals surface area (Å²) in [6.07, 6.45) is 8.19. The van der Waals surface area contributed by atoms with Crippen molar-refractivity contribution in [3.8, 4) is 0 Å². The Hall–Kier alpha value is -0.610. The predicted octanol–water partition coefficient (Wildman–Crippen LogP) is 1.25. The van der Waals surface area contributed by atoms with Gasteiger partial charge in [0.2, 0.25) is 5.91 Å². The summed E-state index contributed by atoms with van der Waals surface area (Å²) in [5.41, 5.74) is 5.63. The van der Waals surface area contributed by atoms with Crippen molar-refractivity contribution >= 4 is 5.91 Å². The highest BCUT2D eigenvalue weighted by atomic mass is 16.1. The van der Waals surface area contributed by atoms with Crippen LogP contribution in [-0.2, 0) is 4.79 Å². The van der Waals surface area contributed by atoms with Crippen molar-refractivity contribution in [2.45, 2.75) is 70.0 Å². The van der Waals surface area contributed by atoms with Gasteiger partial charge in [0.15, 0.2) is 0 Å². The molecule has 18 heavy (non-hydrogen) atoms. The Labute approximate surface area is 110 Å². The fraction of sp³-hybridized carbons (Fsp3) is 0.929. The van der Waals surface area contributed by atoms with E-state index in [1.54, 1.807) is 0 Å². The Morgan fingerprint density at radius 2 is 1.89 bits per heavy atom. The molecule has 1 heterocycles. The first kappa shape index (κ1) is 13.8. The van der Waals surface area contributed by atoms with Gasteiger partial charge in [-0.15, -0.1) is 0 Å². The molecule has 4 nitrogen and oxygen atoms in total. The summed E-state index contributed by atoms with van der Waals surface area (Å²) in [5.74, 6) is 0.115. The van der Waals surface area contributed by atoms with E-state index in [4.69, 9.17) is 5.73 Å². The molecule has 4 heteroatoms. The SMILES string of the molecule is CC(N)CC(=O)NC1CCN(C2CCCC2)CC1. The highest BCUT2D eigenvalue weighted by Crippen LogP contribution is 2.26. The number of carbonyl (C=O) groups excluding carboxylic acids is 1. The maximum Gasteiger partial charge on any atom is 0.221 e. The minimum absolute atomic E-state index is 0.0384. The van der Waals surface area contributed by atoms with Crippen molar-refractivity contribution in [2.24, 2.45) is 5.73 Å². The normalized spacial score (nSPS) is 25.2. The van der Waals surface area contributed by atoms with Crippen LogP contribution in [0.2, 0.25) is 0 Å². The van der Waals surface area contributed by atoms with Gasteiger partial charge >= 0.3 is 0 Å². The molecule has 2 rings (SSSR count). The lowest BCUT2D eigenvalue weighted by molar-refractivity contribution is -0.122. The van der Waals surface area contributed by atoms with Crippen LogP contribution in [0.1, 0.15) is 51.9 Å². The molecule has 2 aliphatic rings. The summed E-state index contributed by atoms with van der Waals surface area (Å²) in [6, 6.07) is 1.16. The quantitative estimate of drug-likeness (QED) is 0.792. The van der Waals surface area contributed by atoms with Gasteiger partial charge < -0.3 is 16.0 Å². The van der Waals surface area contributed by atoms with Crippen molar-refractivity contribution in [3.05, 3.63) is 0 Å². The molecule has 1 aliphatic carbocycles. The predicted molar refractivity (Wildman–Crippen MR) is 73.3 cm³/mol. The van der Waals surface area contributed by atoms with Crippen LogP contribution >= 0.6 is 0 Å². The second-order valence-electron chi connectivity index (χ2n) is 6.00. The average Bonchev–Trinajstić information content (AvgIpc) is 2.82. The van der Waals surface area contributed by atoms with Crippen LogP contribution in [0.15, 0.2) is 0 Å². The van der Waals surface area contributed by atoms with Crippen molar-refractivity contribution in [1.29, 1.82) is 0 Å². The van der Waals surface area contributed by atoms with E-state index in [1.807, 2.05) is 6.92 Å². The molecule has 1 atom stereocenters. The first-order chi connectivity index (χ1) is 8.65. The number of carbonyl (C=O) groups is 1. The third kappa shape index (κ3) is 3.95. The van der Waals surface area contributed by atoms with Gasteiger partial charge in [-0.2, -0.15) is 0 Å². The van der Waals surface area contributed by atoms with E-state index < -0.39 is 0 Å². The van der Waals surface area contributed by atoms with E-state index >= 15 is 0 Å². The maximum absolute atomic E-state index is 11.7. The van der Waals surface area contributed by atoms with E-state index in [9.17, 15) is 4.79 Å². The molecule has 1 unspecified atom stereocenters. The van der Waals surface area contributed by atoms with Crippen LogP contribution in [0.5, 0.6) is 0 Å². The van der Waals surface area contributed by atoms with E-state index in [0.717, 1.165) is 32.0 Å². The lowest BCUT2D eigenvalue weighted by Gasteiger charge is -2.36. The Morgan fingerprint density at radius 3 is 2.44 bits per heavy atom. The minimum atomic E-state index is -0.0384. The molecule has 1 saturated heterocycles. The maximum atomic E-state index is 11.7. The highest BCUT2D eigenvalue weighted by molar-refractivity contribution is 5.76. The third-order valence-electron chi connectivity index (χ3n) is 4.24. The molecule has 0 aromatic rings. The Balaban J connectivity index is 1.68. The number of likely N-dealkylation sites (tertiary alicyclic amines) is 1. The standard InChI is InChI=1S/C14H27N3O/c1-11(15)10-14(18)16-12-6-8-17(9-7-12)13-4-2-3-5-13/h11-13H,2-10,15H2,1H3,(H,16,18). The summed E-state index contributed by atoms with van der Waals surface area (Å²) in [6.45, 7) is 4.17. The van der Waals surface area contributed by atoms with Crippen LogP contribution in [-0.4, -0.2) is 42.0 Å². The summed E-state index contributed by atoms with van der Waals surface area (Å²) < 4.78 is 0. The number of nitrogens with two attached hydrogens (primary N) is 1. The molecular formula is C14H27N3O. The molecule has 0 aromatic carbocycles. The van der Waals surface area contributed by atoms with Crippen molar-refractivity contribution < 1.29 is 4.79 Å². The van der Waals surface area contributed by atoms with E-state index in [1.165, 1.54) is 25.7 Å². The van der Waals surface area contributed by atoms with Crippen molar-refractivity contribution in [3.63, 3.8) is 0 Å². The smallest absolute Gasteiger partial charge is 0.221 e. The number of hydrogen-bond acceptors (Lipinski definition) is 3. The van der Waals surface area contributed by atoms with Crippen LogP contribution in [0.4, 0.5) is 0 Å². The first-order valence-corrected chi connectivity index (χ1v) is 7.44. The largest absolute Gasteiger partial charge is 0.353 e. The molecule has 0 aromatic heterocycles. The van der Waals surface area contributed by atoms with Crippen LogP contribution in [0.25, 0.3) is 0 Å². The zero-order valence-corrected chi connectivity index (χ0v) is 11.5. The number of rotatable bonds is 4. The fourth-order valence-electron chi connectivity index (χ4n) is 3.26. The highest BCUT2D eigenvalue weighted by Gasteiger charge is 2.27. The van der Waals surface area contributed by atoms with Gasteiger partial charge in [0.05, 0.1) is 0 Å². The molecular weight excluding hydrogens is 226 g/mol. The van der Waals surface area contributed by atoms with Crippen LogP contribution in [0.3, 0.4) is 0 Å². The molecule has 0 spiro atoms. The van der Waals surface area contributed by atoms with E-state index in [-0.39, 0.29) is 11.9 Å². The zero-order chi connectivity index (χ0) is 13.0. The summed E-state index contributed by atoms with van der Waals surface area (Å²) in [5, 5.41) is 3.12. The second kappa shape index (κ2) is 6.53. The van der Waals surface area contributed by atoms with Crippen LogP contribution < -0.4 is 11.1 Å². The Bertz CT molecular complexity index is 266. The molecule has 3 N–H and O–H groups in total. The average molecular weight is 253 g/mol. The molecule has 1 amide bonds. The number of nitrogens with one attached hydrogen (secondary N) is 1. The topological polar surface area (TPSA) is 58.4 Å². The lowest BCUT2D eigenvalue weighted by atomic mass is 10.0. The van der Waals surface area contributed by atoms with Crippen molar-refractivity contribution in [2.75, 3.05) is 13.1 Å². The zero-order valence-electron chi connectivity index (χ0n) is 11.5. The number of nitrogens with zero attached hydrogens (tertiary/aromatic N) is 1. The first-order valence-electron chi connectivity index (χ1n) is 7.44. The van der Waals surface area contributed by atoms with E-state index in [0.29, 0.717) is 12.5 Å². The summed E-state index contributed by atoms with van der Waals surface area (Å²) in [7, 11) is 0. The lowest BCUT2D eigenvalue weighted by Crippen LogP contribution is -2.47. The van der Waals surface area contributed by atoms with Gasteiger partial charge in [0.1, 0.15) is 0 Å².